The maximum atomic E-state index is 12.6. The Labute approximate surface area is 194 Å². The summed E-state index contributed by atoms with van der Waals surface area (Å²) in [7, 11) is 1.55. The molecule has 0 aliphatic carbocycles. The minimum absolute atomic E-state index is 0.0110. The van der Waals surface area contributed by atoms with Crippen molar-refractivity contribution in [1.82, 2.24) is 4.90 Å². The van der Waals surface area contributed by atoms with Gasteiger partial charge >= 0.3 is 5.97 Å². The predicted octanol–water partition coefficient (Wildman–Crippen LogP) is 4.99. The van der Waals surface area contributed by atoms with E-state index in [1.807, 2.05) is 24.3 Å². The van der Waals surface area contributed by atoms with Crippen molar-refractivity contribution >= 4 is 57.9 Å². The summed E-state index contributed by atoms with van der Waals surface area (Å²) in [6.45, 7) is 0.580. The van der Waals surface area contributed by atoms with Gasteiger partial charge in [0.15, 0.2) is 11.5 Å². The van der Waals surface area contributed by atoms with E-state index in [0.29, 0.717) is 38.8 Å². The lowest BCUT2D eigenvalue weighted by Crippen LogP contribution is -2.29. The molecule has 0 atom stereocenters. The average Bonchev–Trinajstić information content (AvgIpc) is 3.00. The first-order valence-corrected chi connectivity index (χ1v) is 11.0. The number of rotatable bonds is 9. The van der Waals surface area contributed by atoms with E-state index < -0.39 is 5.97 Å². The van der Waals surface area contributed by atoms with Crippen molar-refractivity contribution in [3.8, 4) is 11.5 Å². The molecule has 6 nitrogen and oxygen atoms in total. The highest BCUT2D eigenvalue weighted by molar-refractivity contribution is 8.26. The Morgan fingerprint density at radius 3 is 2.74 bits per heavy atom. The second-order valence-corrected chi connectivity index (χ2v) is 8.70. The molecule has 0 saturated carbocycles. The Kier molecular flexibility index (Phi) is 7.95. The smallest absolute Gasteiger partial charge is 0.303 e. The van der Waals surface area contributed by atoms with E-state index in [2.05, 4.69) is 0 Å². The summed E-state index contributed by atoms with van der Waals surface area (Å²) in [6, 6.07) is 12.8. The molecule has 2 aromatic carbocycles. The fraction of sp³-hybridized carbons (Fsp3) is 0.227. The van der Waals surface area contributed by atoms with Gasteiger partial charge in [0.05, 0.1) is 12.0 Å². The number of carboxylic acid groups (broad SMARTS) is 1. The molecule has 3 rings (SSSR count). The number of aliphatic carboxylic acids is 1. The summed E-state index contributed by atoms with van der Waals surface area (Å²) in [5.74, 6) is -0.0400. The van der Waals surface area contributed by atoms with Crippen LogP contribution in [0.15, 0.2) is 47.4 Å². The number of methoxy groups -OCH3 is 1. The molecule has 1 fully saturated rings. The number of hydrogen-bond donors (Lipinski definition) is 1. The van der Waals surface area contributed by atoms with Crippen LogP contribution in [0, 0.1) is 0 Å². The van der Waals surface area contributed by atoms with Crippen molar-refractivity contribution in [2.75, 3.05) is 13.7 Å². The predicted molar refractivity (Wildman–Crippen MR) is 126 cm³/mol. The molecule has 1 N–H and O–H groups in total. The van der Waals surface area contributed by atoms with Crippen molar-refractivity contribution in [1.29, 1.82) is 0 Å². The van der Waals surface area contributed by atoms with E-state index in [1.54, 1.807) is 31.4 Å². The van der Waals surface area contributed by atoms with Gasteiger partial charge in [0.25, 0.3) is 5.91 Å². The number of thioether (sulfide) groups is 1. The SMILES string of the molecule is COc1cc(/C=C2/SC(=S)N(CCCC(=O)O)C2=O)ccc1OCc1ccccc1Cl. The van der Waals surface area contributed by atoms with Crippen LogP contribution >= 0.6 is 35.6 Å². The first kappa shape index (κ1) is 23.1. The number of ether oxygens (including phenoxy) is 2. The van der Waals surface area contributed by atoms with Crippen molar-refractivity contribution in [3.63, 3.8) is 0 Å². The van der Waals surface area contributed by atoms with E-state index in [1.165, 1.54) is 16.7 Å². The highest BCUT2D eigenvalue weighted by Gasteiger charge is 2.31. The number of amides is 1. The fourth-order valence-corrected chi connectivity index (χ4v) is 4.40. The molecule has 0 aromatic heterocycles. The molecule has 31 heavy (non-hydrogen) atoms. The lowest BCUT2D eigenvalue weighted by molar-refractivity contribution is -0.137. The zero-order valence-corrected chi connectivity index (χ0v) is 19.1. The number of nitrogens with zero attached hydrogens (tertiary/aromatic N) is 1. The number of carbonyl (C=O) groups excluding carboxylic acids is 1. The van der Waals surface area contributed by atoms with Crippen molar-refractivity contribution < 1.29 is 24.2 Å². The first-order chi connectivity index (χ1) is 14.9. The standard InChI is InChI=1S/C22H20ClNO5S2/c1-28-18-11-14(8-9-17(18)29-13-15-5-2-3-6-16(15)23)12-19-21(27)24(22(30)31-19)10-4-7-20(25)26/h2-3,5-6,8-9,11-12H,4,7,10,13H2,1H3,(H,25,26)/b19-12+. The first-order valence-electron chi connectivity index (χ1n) is 9.40. The van der Waals surface area contributed by atoms with E-state index in [9.17, 15) is 9.59 Å². The lowest BCUT2D eigenvalue weighted by atomic mass is 10.1. The van der Waals surface area contributed by atoms with Gasteiger partial charge in [-0.3, -0.25) is 14.5 Å². The Morgan fingerprint density at radius 1 is 1.26 bits per heavy atom. The molecular weight excluding hydrogens is 458 g/mol. The van der Waals surface area contributed by atoms with Gasteiger partial charge < -0.3 is 14.6 Å². The van der Waals surface area contributed by atoms with Crippen molar-refractivity contribution in [2.45, 2.75) is 19.4 Å². The third-order valence-corrected chi connectivity index (χ3v) is 6.22. The molecule has 0 unspecified atom stereocenters. The van der Waals surface area contributed by atoms with Gasteiger partial charge in [-0.15, -0.1) is 0 Å². The summed E-state index contributed by atoms with van der Waals surface area (Å²) in [6.07, 6.45) is 2.07. The molecule has 1 amide bonds. The average molecular weight is 478 g/mol. The number of thiocarbonyl (C=S) groups is 1. The Hall–Kier alpha value is -2.55. The van der Waals surface area contributed by atoms with Crippen molar-refractivity contribution in [2.24, 2.45) is 0 Å². The van der Waals surface area contributed by atoms with Crippen LogP contribution in [0.2, 0.25) is 5.02 Å². The van der Waals surface area contributed by atoms with Gasteiger partial charge in [0.1, 0.15) is 10.9 Å². The van der Waals surface area contributed by atoms with Gasteiger partial charge in [-0.1, -0.05) is 59.8 Å². The molecule has 1 aliphatic heterocycles. The minimum Gasteiger partial charge on any atom is -0.493 e. The van der Waals surface area contributed by atoms with Crippen LogP contribution in [-0.2, 0) is 16.2 Å². The van der Waals surface area contributed by atoms with Gasteiger partial charge in [0.2, 0.25) is 0 Å². The van der Waals surface area contributed by atoms with Crippen LogP contribution in [-0.4, -0.2) is 39.9 Å². The van der Waals surface area contributed by atoms with E-state index >= 15 is 0 Å². The second-order valence-electron chi connectivity index (χ2n) is 6.62. The van der Waals surface area contributed by atoms with Crippen LogP contribution in [0.3, 0.4) is 0 Å². The second kappa shape index (κ2) is 10.7. The number of carbonyl (C=O) groups is 2. The molecule has 1 saturated heterocycles. The number of halogens is 1. The summed E-state index contributed by atoms with van der Waals surface area (Å²) < 4.78 is 11.7. The van der Waals surface area contributed by atoms with Crippen LogP contribution < -0.4 is 9.47 Å². The Morgan fingerprint density at radius 2 is 2.03 bits per heavy atom. The lowest BCUT2D eigenvalue weighted by Gasteiger charge is -2.13. The number of benzene rings is 2. The molecule has 0 bridgehead atoms. The topological polar surface area (TPSA) is 76.1 Å². The summed E-state index contributed by atoms with van der Waals surface area (Å²) in [5.41, 5.74) is 1.62. The largest absolute Gasteiger partial charge is 0.493 e. The molecular formula is C22H20ClNO5S2. The Balaban J connectivity index is 1.71. The molecule has 1 aliphatic rings. The maximum absolute atomic E-state index is 12.6. The number of carboxylic acids is 1. The number of hydrogen-bond acceptors (Lipinski definition) is 6. The van der Waals surface area contributed by atoms with E-state index in [0.717, 1.165) is 11.1 Å². The van der Waals surface area contributed by atoms with Gasteiger partial charge in [-0.2, -0.15) is 0 Å². The van der Waals surface area contributed by atoms with Crippen LogP contribution in [0.25, 0.3) is 6.08 Å². The van der Waals surface area contributed by atoms with Crippen LogP contribution in [0.1, 0.15) is 24.0 Å². The third kappa shape index (κ3) is 6.00. The molecule has 162 valence electrons. The highest BCUT2D eigenvalue weighted by atomic mass is 35.5. The normalized spacial score (nSPS) is 14.9. The molecule has 1 heterocycles. The summed E-state index contributed by atoms with van der Waals surface area (Å²) >= 11 is 12.6. The summed E-state index contributed by atoms with van der Waals surface area (Å²) in [5, 5.41) is 9.40. The highest BCUT2D eigenvalue weighted by Crippen LogP contribution is 2.35. The zero-order valence-electron chi connectivity index (χ0n) is 16.7. The third-order valence-electron chi connectivity index (χ3n) is 4.47. The molecule has 0 spiro atoms. The molecule has 2 aromatic rings. The molecule has 0 radical (unpaired) electrons. The maximum Gasteiger partial charge on any atom is 0.303 e. The molecule has 9 heteroatoms. The quantitative estimate of drug-likeness (QED) is 0.402. The van der Waals surface area contributed by atoms with Crippen molar-refractivity contribution in [3.05, 3.63) is 63.5 Å². The van der Waals surface area contributed by atoms with Gasteiger partial charge in [-0.05, 0) is 36.3 Å². The van der Waals surface area contributed by atoms with E-state index in [4.69, 9.17) is 38.4 Å². The minimum atomic E-state index is -0.898. The monoisotopic (exact) mass is 477 g/mol. The van der Waals surface area contributed by atoms with Gasteiger partial charge in [0, 0.05) is 23.6 Å². The fourth-order valence-electron chi connectivity index (χ4n) is 2.90. The van der Waals surface area contributed by atoms with Crippen LogP contribution in [0.4, 0.5) is 0 Å². The van der Waals surface area contributed by atoms with Gasteiger partial charge in [-0.25, -0.2) is 0 Å². The summed E-state index contributed by atoms with van der Waals surface area (Å²) in [4.78, 5) is 25.3. The van der Waals surface area contributed by atoms with Crippen LogP contribution in [0.5, 0.6) is 11.5 Å². The zero-order chi connectivity index (χ0) is 22.4. The Bertz CT molecular complexity index is 1040. The van der Waals surface area contributed by atoms with E-state index in [-0.39, 0.29) is 18.9 Å².